The Morgan fingerprint density at radius 3 is 2.55 bits per heavy atom. The number of anilines is 1. The van der Waals surface area contributed by atoms with Crippen LogP contribution in [0.4, 0.5) is 5.69 Å². The van der Waals surface area contributed by atoms with Gasteiger partial charge in [-0.05, 0) is 56.4 Å². The molecule has 1 atom stereocenters. The molecule has 1 aromatic rings. The average molecular weight is 304 g/mol. The Morgan fingerprint density at radius 1 is 1.14 bits per heavy atom. The fourth-order valence-corrected chi connectivity index (χ4v) is 2.84. The summed E-state index contributed by atoms with van der Waals surface area (Å²) in [4.78, 5) is 24.6. The molecule has 0 radical (unpaired) electrons. The molecule has 3 N–H and O–H groups in total. The molecule has 0 spiro atoms. The molecular weight excluding hydrogens is 278 g/mol. The first kappa shape index (κ1) is 16.5. The Bertz CT molecular complexity index is 555. The molecule has 120 valence electrons. The number of likely N-dealkylation sites (N-methyl/N-ethyl adjacent to an activating group) is 1. The smallest absolute Gasteiger partial charge is 0.279 e. The summed E-state index contributed by atoms with van der Waals surface area (Å²) in [5.74, 6) is -0.0920. The Hall–Kier alpha value is -1.88. The summed E-state index contributed by atoms with van der Waals surface area (Å²) in [6, 6.07) is 6.26. The molecule has 1 unspecified atom stereocenters. The van der Waals surface area contributed by atoms with Gasteiger partial charge in [-0.3, -0.25) is 9.59 Å². The molecule has 0 heterocycles. The van der Waals surface area contributed by atoms with Gasteiger partial charge < -0.3 is 15.5 Å². The summed E-state index contributed by atoms with van der Waals surface area (Å²) < 4.78 is 0. The van der Waals surface area contributed by atoms with Crippen molar-refractivity contribution in [1.82, 2.24) is 5.32 Å². The van der Waals surface area contributed by atoms with Crippen molar-refractivity contribution in [3.05, 3.63) is 29.3 Å². The van der Waals surface area contributed by atoms with Crippen molar-refractivity contribution in [3.63, 3.8) is 0 Å². The fraction of sp³-hybridized carbons (Fsp3) is 0.529. The number of benzene rings is 1. The highest BCUT2D eigenvalue weighted by Crippen LogP contribution is 2.24. The lowest BCUT2D eigenvalue weighted by Crippen LogP contribution is -3.11. The largest absolute Gasteiger partial charge is 0.349 e. The Morgan fingerprint density at radius 2 is 1.82 bits per heavy atom. The molecule has 1 aliphatic carbocycles. The number of carbonyl (C=O) groups is 2. The molecule has 0 saturated heterocycles. The molecule has 0 aromatic heterocycles. The highest BCUT2D eigenvalue weighted by atomic mass is 16.2. The van der Waals surface area contributed by atoms with Gasteiger partial charge in [0.05, 0.1) is 7.05 Å². The van der Waals surface area contributed by atoms with Crippen LogP contribution in [0.1, 0.15) is 31.4 Å². The van der Waals surface area contributed by atoms with Crippen molar-refractivity contribution in [1.29, 1.82) is 0 Å². The number of carbonyl (C=O) groups excluding carboxylic acids is 2. The van der Waals surface area contributed by atoms with E-state index in [0.717, 1.165) is 23.4 Å². The van der Waals surface area contributed by atoms with E-state index in [1.807, 2.05) is 27.0 Å². The van der Waals surface area contributed by atoms with E-state index in [2.05, 4.69) is 22.8 Å². The van der Waals surface area contributed by atoms with Crippen LogP contribution in [-0.2, 0) is 22.4 Å². The lowest BCUT2D eigenvalue weighted by molar-refractivity contribution is -0.862. The summed E-state index contributed by atoms with van der Waals surface area (Å²) in [5, 5.41) is 5.76. The molecule has 2 rings (SSSR count). The van der Waals surface area contributed by atoms with E-state index in [-0.39, 0.29) is 24.4 Å². The number of amides is 2. The normalized spacial score (nSPS) is 14.5. The van der Waals surface area contributed by atoms with Gasteiger partial charge in [-0.25, -0.2) is 0 Å². The number of hydrogen-bond donors (Lipinski definition) is 3. The first-order valence-electron chi connectivity index (χ1n) is 7.96. The summed E-state index contributed by atoms with van der Waals surface area (Å²) in [5.41, 5.74) is 3.59. The minimum atomic E-state index is -0.0622. The van der Waals surface area contributed by atoms with Gasteiger partial charge in [-0.1, -0.05) is 6.07 Å². The SMILES string of the molecule is CC(C)NC(=O)C[NH+](C)CC(=O)Nc1ccc2c(c1)CCC2. The molecule has 0 fully saturated rings. The molecule has 1 aromatic carbocycles. The first-order chi connectivity index (χ1) is 10.4. The second-order valence-electron chi connectivity index (χ2n) is 6.42. The van der Waals surface area contributed by atoms with Gasteiger partial charge in [-0.2, -0.15) is 0 Å². The number of fused-ring (bicyclic) bond motifs is 1. The Balaban J connectivity index is 1.81. The van der Waals surface area contributed by atoms with Gasteiger partial charge in [0.15, 0.2) is 13.1 Å². The van der Waals surface area contributed by atoms with Gasteiger partial charge in [-0.15, -0.1) is 0 Å². The Labute approximate surface area is 132 Å². The van der Waals surface area contributed by atoms with Crippen molar-refractivity contribution < 1.29 is 14.5 Å². The van der Waals surface area contributed by atoms with Gasteiger partial charge in [0.25, 0.3) is 11.8 Å². The fourth-order valence-electron chi connectivity index (χ4n) is 2.84. The molecule has 2 amide bonds. The molecule has 1 aliphatic rings. The van der Waals surface area contributed by atoms with Crippen LogP contribution in [0, 0.1) is 0 Å². The summed E-state index contributed by atoms with van der Waals surface area (Å²) >= 11 is 0. The van der Waals surface area contributed by atoms with E-state index in [0.29, 0.717) is 6.54 Å². The van der Waals surface area contributed by atoms with Crippen LogP contribution in [0.5, 0.6) is 0 Å². The van der Waals surface area contributed by atoms with Crippen LogP contribution in [0.3, 0.4) is 0 Å². The standard InChI is InChI=1S/C17H25N3O2/c1-12(2)18-16(21)10-20(3)11-17(22)19-15-8-7-13-5-4-6-14(13)9-15/h7-9,12H,4-6,10-11H2,1-3H3,(H,18,21)(H,19,22)/p+1. The third kappa shape index (κ3) is 4.84. The maximum Gasteiger partial charge on any atom is 0.279 e. The third-order valence-corrected chi connectivity index (χ3v) is 3.76. The summed E-state index contributed by atoms with van der Waals surface area (Å²) in [6.07, 6.45) is 3.44. The van der Waals surface area contributed by atoms with Crippen molar-refractivity contribution in [3.8, 4) is 0 Å². The third-order valence-electron chi connectivity index (χ3n) is 3.76. The van der Waals surface area contributed by atoms with Crippen LogP contribution in [-0.4, -0.2) is 38.0 Å². The van der Waals surface area contributed by atoms with Gasteiger partial charge in [0, 0.05) is 11.7 Å². The second-order valence-corrected chi connectivity index (χ2v) is 6.42. The zero-order valence-electron chi connectivity index (χ0n) is 13.7. The van der Waals surface area contributed by atoms with Crippen molar-refractivity contribution in [2.75, 3.05) is 25.5 Å². The average Bonchev–Trinajstić information content (AvgIpc) is 2.84. The number of rotatable bonds is 6. The van der Waals surface area contributed by atoms with Gasteiger partial charge in [0.2, 0.25) is 0 Å². The van der Waals surface area contributed by atoms with E-state index >= 15 is 0 Å². The van der Waals surface area contributed by atoms with Crippen LogP contribution in [0.15, 0.2) is 18.2 Å². The van der Waals surface area contributed by atoms with Crippen molar-refractivity contribution >= 4 is 17.5 Å². The minimum Gasteiger partial charge on any atom is -0.349 e. The quantitative estimate of drug-likeness (QED) is 0.701. The van der Waals surface area contributed by atoms with Gasteiger partial charge >= 0.3 is 0 Å². The molecular formula is C17H26N3O2+. The highest BCUT2D eigenvalue weighted by Gasteiger charge is 2.16. The molecule has 5 nitrogen and oxygen atoms in total. The molecule has 0 bridgehead atoms. The predicted molar refractivity (Wildman–Crippen MR) is 87.0 cm³/mol. The summed E-state index contributed by atoms with van der Waals surface area (Å²) in [7, 11) is 1.85. The van der Waals surface area contributed by atoms with E-state index in [1.165, 1.54) is 17.5 Å². The monoisotopic (exact) mass is 304 g/mol. The van der Waals surface area contributed by atoms with E-state index in [9.17, 15) is 9.59 Å². The van der Waals surface area contributed by atoms with Crippen molar-refractivity contribution in [2.45, 2.75) is 39.2 Å². The first-order valence-corrected chi connectivity index (χ1v) is 7.96. The highest BCUT2D eigenvalue weighted by molar-refractivity contribution is 5.91. The molecule has 22 heavy (non-hydrogen) atoms. The zero-order chi connectivity index (χ0) is 16.1. The minimum absolute atomic E-state index is 0.0298. The maximum atomic E-state index is 12.1. The molecule has 0 aliphatic heterocycles. The van der Waals surface area contributed by atoms with E-state index < -0.39 is 0 Å². The van der Waals surface area contributed by atoms with Crippen LogP contribution >= 0.6 is 0 Å². The number of quaternary nitrogens is 1. The zero-order valence-corrected chi connectivity index (χ0v) is 13.7. The van der Waals surface area contributed by atoms with Crippen LogP contribution in [0.25, 0.3) is 0 Å². The van der Waals surface area contributed by atoms with Crippen molar-refractivity contribution in [2.24, 2.45) is 0 Å². The Kier molecular flexibility index (Phi) is 5.55. The van der Waals surface area contributed by atoms with Gasteiger partial charge in [0.1, 0.15) is 0 Å². The number of nitrogens with one attached hydrogen (secondary N) is 3. The maximum absolute atomic E-state index is 12.1. The predicted octanol–water partition coefficient (Wildman–Crippen LogP) is 0.153. The van der Waals surface area contributed by atoms with E-state index in [4.69, 9.17) is 0 Å². The lowest BCUT2D eigenvalue weighted by atomic mass is 10.1. The van der Waals surface area contributed by atoms with Crippen LogP contribution in [0.2, 0.25) is 0 Å². The molecule has 0 saturated carbocycles. The number of aryl methyl sites for hydroxylation is 2. The van der Waals surface area contributed by atoms with Crippen LogP contribution < -0.4 is 15.5 Å². The molecule has 5 heteroatoms. The number of hydrogen-bond acceptors (Lipinski definition) is 2. The van der Waals surface area contributed by atoms with E-state index in [1.54, 1.807) is 0 Å². The summed E-state index contributed by atoms with van der Waals surface area (Å²) in [6.45, 7) is 4.43. The second kappa shape index (κ2) is 7.40. The lowest BCUT2D eigenvalue weighted by Gasteiger charge is -2.15. The topological polar surface area (TPSA) is 62.6 Å².